The minimum atomic E-state index is -1.08. The number of aryl methyl sites for hydroxylation is 1. The van der Waals surface area contributed by atoms with Crippen LogP contribution in [0.1, 0.15) is 11.1 Å². The lowest BCUT2D eigenvalue weighted by Crippen LogP contribution is -2.33. The Hall–Kier alpha value is -3.71. The van der Waals surface area contributed by atoms with Crippen LogP contribution in [-0.2, 0) is 9.59 Å². The Bertz CT molecular complexity index is 1270. The summed E-state index contributed by atoms with van der Waals surface area (Å²) in [5, 5.41) is 3.27. The van der Waals surface area contributed by atoms with E-state index in [1.165, 1.54) is 13.2 Å². The van der Waals surface area contributed by atoms with Gasteiger partial charge in [-0.15, -0.1) is 0 Å². The van der Waals surface area contributed by atoms with Crippen molar-refractivity contribution in [3.63, 3.8) is 0 Å². The molecule has 3 aromatic rings. The van der Waals surface area contributed by atoms with Gasteiger partial charge in [0.2, 0.25) is 0 Å². The lowest BCUT2D eigenvalue weighted by Gasteiger charge is -2.18. The summed E-state index contributed by atoms with van der Waals surface area (Å²) in [7, 11) is 1.51. The molecule has 0 fully saturated rings. The normalized spacial score (nSPS) is 13.7. The number of amides is 2. The van der Waals surface area contributed by atoms with Gasteiger partial charge >= 0.3 is 0 Å². The first kappa shape index (κ1) is 21.5. The molecule has 0 bridgehead atoms. The van der Waals surface area contributed by atoms with Gasteiger partial charge in [-0.3, -0.25) is 9.59 Å². The minimum Gasteiger partial charge on any atom is -0.497 e. The fraction of sp³-hybridized carbons (Fsp3) is 0.0833. The monoisotopic (exact) mass is 454 g/mol. The standard InChI is InChI=1S/C24H17ClF2N2O3/c1-13-11-15(25)5-10-20(13)29-23(30)21(14-3-7-17(32-2)8-4-14)22(24(29)31)28-16-6-9-18(26)19(27)12-16/h3-12,28H,1-2H3. The topological polar surface area (TPSA) is 58.6 Å². The van der Waals surface area contributed by atoms with Crippen LogP contribution in [-0.4, -0.2) is 18.9 Å². The SMILES string of the molecule is COc1ccc(C2=C(Nc3ccc(F)c(F)c3)C(=O)N(c3ccc(Cl)cc3C)C2=O)cc1. The van der Waals surface area contributed by atoms with Crippen LogP contribution in [0.2, 0.25) is 5.02 Å². The van der Waals surface area contributed by atoms with E-state index in [0.29, 0.717) is 27.6 Å². The number of ether oxygens (including phenoxy) is 1. The molecular weight excluding hydrogens is 438 g/mol. The zero-order valence-electron chi connectivity index (χ0n) is 17.1. The molecule has 3 aromatic carbocycles. The first-order valence-electron chi connectivity index (χ1n) is 9.56. The Balaban J connectivity index is 1.83. The second-order valence-electron chi connectivity index (χ2n) is 7.11. The maximum absolute atomic E-state index is 13.7. The van der Waals surface area contributed by atoms with Gasteiger partial charge in [0, 0.05) is 16.8 Å². The van der Waals surface area contributed by atoms with Crippen molar-refractivity contribution in [3.8, 4) is 5.75 Å². The molecule has 8 heteroatoms. The molecule has 0 unspecified atom stereocenters. The summed E-state index contributed by atoms with van der Waals surface area (Å²) < 4.78 is 32.3. The average molecular weight is 455 g/mol. The zero-order chi connectivity index (χ0) is 23.0. The number of imide groups is 1. The van der Waals surface area contributed by atoms with Crippen LogP contribution < -0.4 is 15.0 Å². The van der Waals surface area contributed by atoms with Crippen molar-refractivity contribution in [2.75, 3.05) is 17.3 Å². The van der Waals surface area contributed by atoms with Gasteiger partial charge in [0.25, 0.3) is 11.8 Å². The Morgan fingerprint density at radius 2 is 1.62 bits per heavy atom. The Labute approximate surface area is 187 Å². The molecule has 1 N–H and O–H groups in total. The summed E-state index contributed by atoms with van der Waals surface area (Å²) in [5.41, 5.74) is 1.63. The van der Waals surface area contributed by atoms with E-state index in [0.717, 1.165) is 17.0 Å². The second-order valence-corrected chi connectivity index (χ2v) is 7.55. The number of rotatable bonds is 5. The maximum Gasteiger partial charge on any atom is 0.282 e. The van der Waals surface area contributed by atoms with Crippen molar-refractivity contribution >= 4 is 40.4 Å². The molecular formula is C24H17ClF2N2O3. The average Bonchev–Trinajstić information content (AvgIpc) is 3.00. The van der Waals surface area contributed by atoms with Crippen molar-refractivity contribution in [3.05, 3.63) is 94.1 Å². The van der Waals surface area contributed by atoms with E-state index in [-0.39, 0.29) is 17.0 Å². The van der Waals surface area contributed by atoms with Crippen molar-refractivity contribution in [2.45, 2.75) is 6.92 Å². The highest BCUT2D eigenvalue weighted by Crippen LogP contribution is 2.36. The molecule has 0 radical (unpaired) electrons. The van der Waals surface area contributed by atoms with Gasteiger partial charge in [-0.05, 0) is 60.5 Å². The van der Waals surface area contributed by atoms with Gasteiger partial charge in [0.15, 0.2) is 11.6 Å². The number of methoxy groups -OCH3 is 1. The third kappa shape index (κ3) is 3.83. The fourth-order valence-corrected chi connectivity index (χ4v) is 3.70. The summed E-state index contributed by atoms with van der Waals surface area (Å²) >= 11 is 6.02. The third-order valence-corrected chi connectivity index (χ3v) is 5.29. The lowest BCUT2D eigenvalue weighted by atomic mass is 10.0. The van der Waals surface area contributed by atoms with Gasteiger partial charge in [-0.25, -0.2) is 13.7 Å². The molecule has 0 saturated heterocycles. The number of nitrogens with one attached hydrogen (secondary N) is 1. The number of carbonyl (C=O) groups excluding carboxylic acids is 2. The Kier molecular flexibility index (Phi) is 5.67. The number of nitrogens with zero attached hydrogens (tertiary/aromatic N) is 1. The van der Waals surface area contributed by atoms with Crippen LogP contribution in [0.4, 0.5) is 20.2 Å². The fourth-order valence-electron chi connectivity index (χ4n) is 3.48. The Morgan fingerprint density at radius 3 is 2.25 bits per heavy atom. The van der Waals surface area contributed by atoms with Crippen LogP contribution in [0.15, 0.2) is 66.4 Å². The summed E-state index contributed by atoms with van der Waals surface area (Å²) in [5.74, 6) is -2.71. The van der Waals surface area contributed by atoms with E-state index in [2.05, 4.69) is 5.32 Å². The van der Waals surface area contributed by atoms with Crippen LogP contribution in [0.5, 0.6) is 5.75 Å². The van der Waals surface area contributed by atoms with E-state index in [1.807, 2.05) is 0 Å². The van der Waals surface area contributed by atoms with E-state index in [9.17, 15) is 18.4 Å². The van der Waals surface area contributed by atoms with Crippen molar-refractivity contribution in [1.29, 1.82) is 0 Å². The second kappa shape index (κ2) is 8.43. The Morgan fingerprint density at radius 1 is 0.906 bits per heavy atom. The smallest absolute Gasteiger partial charge is 0.282 e. The molecule has 1 heterocycles. The highest BCUT2D eigenvalue weighted by molar-refractivity contribution is 6.46. The first-order chi connectivity index (χ1) is 15.3. The molecule has 1 aliphatic rings. The predicted molar refractivity (Wildman–Crippen MR) is 119 cm³/mol. The van der Waals surface area contributed by atoms with E-state index in [1.54, 1.807) is 49.4 Å². The summed E-state index contributed by atoms with van der Waals surface area (Å²) in [4.78, 5) is 27.8. The number of carbonyl (C=O) groups is 2. The van der Waals surface area contributed by atoms with Gasteiger partial charge in [0.05, 0.1) is 18.4 Å². The number of halogens is 3. The highest BCUT2D eigenvalue weighted by atomic mass is 35.5. The molecule has 0 spiro atoms. The zero-order valence-corrected chi connectivity index (χ0v) is 17.8. The molecule has 32 heavy (non-hydrogen) atoms. The van der Waals surface area contributed by atoms with Crippen LogP contribution in [0, 0.1) is 18.6 Å². The summed E-state index contributed by atoms with van der Waals surface area (Å²) in [6.07, 6.45) is 0. The van der Waals surface area contributed by atoms with Crippen molar-refractivity contribution < 1.29 is 23.1 Å². The molecule has 0 aliphatic carbocycles. The lowest BCUT2D eigenvalue weighted by molar-refractivity contribution is -0.120. The molecule has 5 nitrogen and oxygen atoms in total. The van der Waals surface area contributed by atoms with E-state index >= 15 is 0 Å². The van der Waals surface area contributed by atoms with Crippen LogP contribution in [0.3, 0.4) is 0 Å². The predicted octanol–water partition coefficient (Wildman–Crippen LogP) is 5.33. The van der Waals surface area contributed by atoms with Gasteiger partial charge in [-0.2, -0.15) is 0 Å². The molecule has 4 rings (SSSR count). The van der Waals surface area contributed by atoms with Gasteiger partial charge in [0.1, 0.15) is 11.4 Å². The molecule has 0 atom stereocenters. The number of hydrogen-bond donors (Lipinski definition) is 1. The third-order valence-electron chi connectivity index (χ3n) is 5.05. The van der Waals surface area contributed by atoms with Crippen molar-refractivity contribution in [2.24, 2.45) is 0 Å². The maximum atomic E-state index is 13.7. The highest BCUT2D eigenvalue weighted by Gasteiger charge is 2.40. The molecule has 162 valence electrons. The van der Waals surface area contributed by atoms with Gasteiger partial charge < -0.3 is 10.1 Å². The number of hydrogen-bond acceptors (Lipinski definition) is 4. The molecule has 0 saturated carbocycles. The van der Waals surface area contributed by atoms with Crippen LogP contribution in [0.25, 0.3) is 5.57 Å². The molecule has 0 aromatic heterocycles. The largest absolute Gasteiger partial charge is 0.497 e. The minimum absolute atomic E-state index is 0.0551. The number of anilines is 2. The van der Waals surface area contributed by atoms with E-state index < -0.39 is 23.4 Å². The van der Waals surface area contributed by atoms with Crippen molar-refractivity contribution in [1.82, 2.24) is 0 Å². The van der Waals surface area contributed by atoms with Gasteiger partial charge in [-0.1, -0.05) is 23.7 Å². The summed E-state index contributed by atoms with van der Waals surface area (Å²) in [6.45, 7) is 1.73. The summed E-state index contributed by atoms with van der Waals surface area (Å²) in [6, 6.07) is 14.6. The van der Waals surface area contributed by atoms with E-state index in [4.69, 9.17) is 16.3 Å². The molecule has 1 aliphatic heterocycles. The first-order valence-corrected chi connectivity index (χ1v) is 9.93. The van der Waals surface area contributed by atoms with Crippen LogP contribution >= 0.6 is 11.6 Å². The number of benzene rings is 3. The quantitative estimate of drug-likeness (QED) is 0.529. The molecule has 2 amide bonds.